The number of aromatic carboxylic acids is 1. The van der Waals surface area contributed by atoms with Crippen molar-refractivity contribution in [1.82, 2.24) is 14.3 Å². The van der Waals surface area contributed by atoms with Gasteiger partial charge in [-0.15, -0.1) is 0 Å². The number of aromatic nitrogens is 3. The van der Waals surface area contributed by atoms with Gasteiger partial charge in [-0.05, 0) is 36.8 Å². The lowest BCUT2D eigenvalue weighted by atomic mass is 10.2. The molecule has 2 aromatic heterocycles. The van der Waals surface area contributed by atoms with E-state index in [0.717, 1.165) is 0 Å². The Labute approximate surface area is 124 Å². The summed E-state index contributed by atoms with van der Waals surface area (Å²) in [4.78, 5) is 35.2. The highest BCUT2D eigenvalue weighted by atomic mass is 16.4. The van der Waals surface area contributed by atoms with Crippen LogP contribution in [-0.4, -0.2) is 25.4 Å². The third-order valence-corrected chi connectivity index (χ3v) is 3.64. The summed E-state index contributed by atoms with van der Waals surface area (Å²) in [6.45, 7) is 1.71. The van der Waals surface area contributed by atoms with E-state index in [2.05, 4.69) is 5.10 Å². The van der Waals surface area contributed by atoms with Crippen molar-refractivity contribution >= 4 is 17.0 Å². The summed E-state index contributed by atoms with van der Waals surface area (Å²) in [5, 5.41) is 12.2. The molecule has 22 heavy (non-hydrogen) atoms. The number of aromatic amines is 1. The molecular formula is C15H13N3O4. The first-order chi connectivity index (χ1) is 10.4. The normalized spacial score (nSPS) is 11.0. The van der Waals surface area contributed by atoms with E-state index >= 15 is 0 Å². The molecule has 0 atom stereocenters. The van der Waals surface area contributed by atoms with Crippen LogP contribution in [0.3, 0.4) is 0 Å². The number of pyridine rings is 1. The number of carboxylic acid groups (broad SMARTS) is 1. The molecular weight excluding hydrogens is 286 g/mol. The third kappa shape index (κ3) is 1.95. The summed E-state index contributed by atoms with van der Waals surface area (Å²) in [5.41, 5.74) is 1.16. The van der Waals surface area contributed by atoms with Crippen LogP contribution in [0.2, 0.25) is 0 Å². The van der Waals surface area contributed by atoms with Gasteiger partial charge in [0.1, 0.15) is 5.65 Å². The van der Waals surface area contributed by atoms with Crippen molar-refractivity contribution in [1.29, 1.82) is 0 Å². The number of H-pyrrole nitrogens is 1. The Morgan fingerprint density at radius 1 is 1.18 bits per heavy atom. The standard InChI is InChI=1S/C15H13N3O4/c1-8-7-11(19)17(2)13-12(8)14(20)18(16-13)10-5-3-9(4-6-10)15(21)22/h3-7,16H,1-2H3,(H,21,22). The fourth-order valence-corrected chi connectivity index (χ4v) is 2.42. The first-order valence-corrected chi connectivity index (χ1v) is 6.55. The first kappa shape index (κ1) is 13.9. The van der Waals surface area contributed by atoms with Crippen molar-refractivity contribution < 1.29 is 9.90 Å². The number of fused-ring (bicyclic) bond motifs is 1. The maximum atomic E-state index is 12.5. The molecule has 0 amide bonds. The van der Waals surface area contributed by atoms with Crippen LogP contribution in [0.5, 0.6) is 0 Å². The van der Waals surface area contributed by atoms with Gasteiger partial charge in [0, 0.05) is 13.1 Å². The van der Waals surface area contributed by atoms with Crippen molar-refractivity contribution in [3.05, 3.63) is 62.2 Å². The van der Waals surface area contributed by atoms with Crippen LogP contribution in [0.25, 0.3) is 16.7 Å². The van der Waals surface area contributed by atoms with E-state index < -0.39 is 5.97 Å². The lowest BCUT2D eigenvalue weighted by Gasteiger charge is -2.02. The van der Waals surface area contributed by atoms with Crippen LogP contribution in [0, 0.1) is 6.92 Å². The summed E-state index contributed by atoms with van der Waals surface area (Å²) in [7, 11) is 1.58. The molecule has 0 aliphatic rings. The van der Waals surface area contributed by atoms with Gasteiger partial charge < -0.3 is 5.11 Å². The second-order valence-electron chi connectivity index (χ2n) is 5.05. The summed E-state index contributed by atoms with van der Waals surface area (Å²) in [5.74, 6) is -1.03. The van der Waals surface area contributed by atoms with Crippen molar-refractivity contribution in [2.24, 2.45) is 7.05 Å². The lowest BCUT2D eigenvalue weighted by molar-refractivity contribution is 0.0697. The molecule has 0 spiro atoms. The molecule has 0 radical (unpaired) electrons. The maximum Gasteiger partial charge on any atom is 0.335 e. The molecule has 1 aromatic carbocycles. The molecule has 2 heterocycles. The highest BCUT2D eigenvalue weighted by Gasteiger charge is 2.14. The molecule has 7 nitrogen and oxygen atoms in total. The zero-order chi connectivity index (χ0) is 16.0. The number of carbonyl (C=O) groups is 1. The molecule has 0 saturated carbocycles. The number of rotatable bonds is 2. The Morgan fingerprint density at radius 3 is 2.41 bits per heavy atom. The Bertz CT molecular complexity index is 1010. The van der Waals surface area contributed by atoms with Crippen LogP contribution >= 0.6 is 0 Å². The zero-order valence-electron chi connectivity index (χ0n) is 12.0. The van der Waals surface area contributed by atoms with Gasteiger partial charge in [0.05, 0.1) is 16.6 Å². The molecule has 112 valence electrons. The van der Waals surface area contributed by atoms with E-state index in [1.54, 1.807) is 14.0 Å². The highest BCUT2D eigenvalue weighted by molar-refractivity contribution is 5.87. The van der Waals surface area contributed by atoms with Crippen molar-refractivity contribution in [3.8, 4) is 5.69 Å². The van der Waals surface area contributed by atoms with Crippen molar-refractivity contribution in [3.63, 3.8) is 0 Å². The first-order valence-electron chi connectivity index (χ1n) is 6.55. The SMILES string of the molecule is Cc1cc(=O)n(C)c2[nH]n(-c3ccc(C(=O)O)cc3)c(=O)c12. The fourth-order valence-electron chi connectivity index (χ4n) is 2.42. The summed E-state index contributed by atoms with van der Waals surface area (Å²) in [6.07, 6.45) is 0. The Balaban J connectivity index is 2.28. The smallest absolute Gasteiger partial charge is 0.335 e. The predicted molar refractivity (Wildman–Crippen MR) is 80.8 cm³/mol. The monoisotopic (exact) mass is 299 g/mol. The third-order valence-electron chi connectivity index (χ3n) is 3.64. The van der Waals surface area contributed by atoms with Crippen LogP contribution in [0.1, 0.15) is 15.9 Å². The second-order valence-corrected chi connectivity index (χ2v) is 5.05. The summed E-state index contributed by atoms with van der Waals surface area (Å²) in [6, 6.07) is 7.32. The van der Waals surface area contributed by atoms with Crippen LogP contribution in [-0.2, 0) is 7.05 Å². The van der Waals surface area contributed by atoms with Gasteiger partial charge in [-0.3, -0.25) is 19.3 Å². The predicted octanol–water partition coefficient (Wildman–Crippen LogP) is 1.02. The van der Waals surface area contributed by atoms with Crippen LogP contribution < -0.4 is 11.1 Å². The number of nitrogens with zero attached hydrogens (tertiary/aromatic N) is 2. The van der Waals surface area contributed by atoms with Crippen LogP contribution in [0.4, 0.5) is 0 Å². The summed E-state index contributed by atoms with van der Waals surface area (Å²) < 4.78 is 2.66. The molecule has 7 heteroatoms. The molecule has 3 aromatic rings. The Hall–Kier alpha value is -3.09. The molecule has 0 aliphatic carbocycles. The average Bonchev–Trinajstić information content (AvgIpc) is 2.83. The zero-order valence-corrected chi connectivity index (χ0v) is 12.0. The van der Waals surface area contributed by atoms with Gasteiger partial charge in [-0.25, -0.2) is 9.48 Å². The molecule has 3 rings (SSSR count). The molecule has 0 aliphatic heterocycles. The molecule has 0 unspecified atom stereocenters. The number of nitrogens with one attached hydrogen (secondary N) is 1. The van der Waals surface area contributed by atoms with Crippen LogP contribution in [0.15, 0.2) is 39.9 Å². The van der Waals surface area contributed by atoms with Gasteiger partial charge in [0.15, 0.2) is 0 Å². The largest absolute Gasteiger partial charge is 0.478 e. The van der Waals surface area contributed by atoms with Crippen molar-refractivity contribution in [2.45, 2.75) is 6.92 Å². The lowest BCUT2D eigenvalue weighted by Crippen LogP contribution is -2.17. The topological polar surface area (TPSA) is 97.1 Å². The Kier molecular flexibility index (Phi) is 2.98. The van der Waals surface area contributed by atoms with Gasteiger partial charge in [-0.2, -0.15) is 0 Å². The minimum absolute atomic E-state index is 0.136. The van der Waals surface area contributed by atoms with E-state index in [9.17, 15) is 14.4 Å². The van der Waals surface area contributed by atoms with E-state index in [1.165, 1.54) is 39.6 Å². The molecule has 0 bridgehead atoms. The van der Waals surface area contributed by atoms with Gasteiger partial charge in [0.25, 0.3) is 11.1 Å². The highest BCUT2D eigenvalue weighted by Crippen LogP contribution is 2.13. The number of hydrogen-bond donors (Lipinski definition) is 2. The number of benzene rings is 1. The van der Waals surface area contributed by atoms with E-state index in [-0.39, 0.29) is 16.7 Å². The summed E-state index contributed by atoms with van der Waals surface area (Å²) >= 11 is 0. The minimum atomic E-state index is -1.03. The average molecular weight is 299 g/mol. The molecule has 0 saturated heterocycles. The van der Waals surface area contributed by atoms with E-state index in [0.29, 0.717) is 22.3 Å². The minimum Gasteiger partial charge on any atom is -0.478 e. The van der Waals surface area contributed by atoms with E-state index in [1.807, 2.05) is 0 Å². The van der Waals surface area contributed by atoms with Gasteiger partial charge in [-0.1, -0.05) is 0 Å². The van der Waals surface area contributed by atoms with Gasteiger partial charge in [0.2, 0.25) is 0 Å². The Morgan fingerprint density at radius 2 is 1.82 bits per heavy atom. The van der Waals surface area contributed by atoms with Crippen molar-refractivity contribution in [2.75, 3.05) is 0 Å². The number of aryl methyl sites for hydroxylation is 2. The molecule has 0 fully saturated rings. The number of carboxylic acids is 1. The van der Waals surface area contributed by atoms with Gasteiger partial charge >= 0.3 is 5.97 Å². The number of hydrogen-bond acceptors (Lipinski definition) is 3. The fraction of sp³-hybridized carbons (Fsp3) is 0.133. The molecule has 2 N–H and O–H groups in total. The quantitative estimate of drug-likeness (QED) is 0.738. The maximum absolute atomic E-state index is 12.5. The van der Waals surface area contributed by atoms with E-state index in [4.69, 9.17) is 5.11 Å². The second kappa shape index (κ2) is 4.73.